The Bertz CT molecular complexity index is 925. The molecule has 3 N–H and O–H groups in total. The quantitative estimate of drug-likeness (QED) is 0.495. The Balaban J connectivity index is 0.000000313. The molecule has 1 saturated heterocycles. The van der Waals surface area contributed by atoms with Crippen molar-refractivity contribution < 1.29 is 4.74 Å². The van der Waals surface area contributed by atoms with Crippen LogP contribution in [-0.4, -0.2) is 39.2 Å². The van der Waals surface area contributed by atoms with Gasteiger partial charge in [-0.2, -0.15) is 9.97 Å². The first-order chi connectivity index (χ1) is 14.8. The van der Waals surface area contributed by atoms with E-state index in [9.17, 15) is 0 Å². The van der Waals surface area contributed by atoms with Crippen molar-refractivity contribution in [3.63, 3.8) is 0 Å². The van der Waals surface area contributed by atoms with Crippen LogP contribution in [0.25, 0.3) is 11.2 Å². The maximum absolute atomic E-state index is 5.99. The van der Waals surface area contributed by atoms with Crippen LogP contribution in [0.3, 0.4) is 0 Å². The Morgan fingerprint density at radius 1 is 1.00 bits per heavy atom. The zero-order valence-corrected chi connectivity index (χ0v) is 17.9. The maximum Gasteiger partial charge on any atom is 0.225 e. The van der Waals surface area contributed by atoms with Crippen LogP contribution in [0.15, 0.2) is 30.5 Å². The van der Waals surface area contributed by atoms with E-state index in [-0.39, 0.29) is 0 Å². The first-order valence-electron chi connectivity index (χ1n) is 10.9. The summed E-state index contributed by atoms with van der Waals surface area (Å²) >= 11 is 5.99. The van der Waals surface area contributed by atoms with Crippen LogP contribution < -0.4 is 10.6 Å². The van der Waals surface area contributed by atoms with Gasteiger partial charge in [-0.3, -0.25) is 0 Å². The summed E-state index contributed by atoms with van der Waals surface area (Å²) in [6.07, 6.45) is 12.7. The second-order valence-electron chi connectivity index (χ2n) is 7.80. The zero-order chi connectivity index (χ0) is 20.6. The van der Waals surface area contributed by atoms with E-state index in [0.717, 1.165) is 37.3 Å². The molecule has 1 aliphatic heterocycles. The molecule has 160 valence electrons. The number of imidazole rings is 1. The number of fused-ring (bicyclic) bond motifs is 1. The Kier molecular flexibility index (Phi) is 7.37. The van der Waals surface area contributed by atoms with Crippen LogP contribution in [0.4, 0.5) is 17.6 Å². The van der Waals surface area contributed by atoms with Crippen LogP contribution in [0.5, 0.6) is 0 Å². The van der Waals surface area contributed by atoms with Crippen molar-refractivity contribution >= 4 is 40.3 Å². The van der Waals surface area contributed by atoms with Crippen LogP contribution in [0.1, 0.15) is 51.4 Å². The Morgan fingerprint density at radius 2 is 1.73 bits per heavy atom. The van der Waals surface area contributed by atoms with Gasteiger partial charge in [0.25, 0.3) is 0 Å². The van der Waals surface area contributed by atoms with Gasteiger partial charge in [-0.25, -0.2) is 4.98 Å². The van der Waals surface area contributed by atoms with E-state index in [1.165, 1.54) is 38.5 Å². The Hall–Kier alpha value is -2.38. The highest BCUT2D eigenvalue weighted by Crippen LogP contribution is 2.21. The number of anilines is 3. The lowest BCUT2D eigenvalue weighted by Crippen LogP contribution is -2.28. The van der Waals surface area contributed by atoms with Crippen LogP contribution in [0, 0.1) is 0 Å². The fourth-order valence-electron chi connectivity index (χ4n) is 3.72. The Morgan fingerprint density at radius 3 is 2.43 bits per heavy atom. The molecule has 0 bridgehead atoms. The number of rotatable bonds is 4. The standard InChI is InChI=1S/C16H17ClN6O.C6H12/c17-10-2-1-3-12(8-10)20-16-21-13-9-18-15(22-14(13)23-16)19-11-4-6-24-7-5-11;1-2-4-6-5-3-1/h1-3,8-9,11H,4-7H2,(H3,18,19,20,21,22,23);1-6H2. The summed E-state index contributed by atoms with van der Waals surface area (Å²) in [6, 6.07) is 7.80. The fraction of sp³-hybridized carbons (Fsp3) is 0.500. The van der Waals surface area contributed by atoms with Gasteiger partial charge >= 0.3 is 0 Å². The van der Waals surface area contributed by atoms with E-state index in [2.05, 4.69) is 30.6 Å². The van der Waals surface area contributed by atoms with Crippen LogP contribution >= 0.6 is 11.6 Å². The van der Waals surface area contributed by atoms with E-state index in [1.807, 2.05) is 24.3 Å². The lowest BCUT2D eigenvalue weighted by Gasteiger charge is -2.22. The normalized spacial score (nSPS) is 17.2. The smallest absolute Gasteiger partial charge is 0.225 e. The molecule has 0 spiro atoms. The van der Waals surface area contributed by atoms with E-state index in [4.69, 9.17) is 16.3 Å². The lowest BCUT2D eigenvalue weighted by molar-refractivity contribution is 0.0903. The van der Waals surface area contributed by atoms with Crippen LogP contribution in [0.2, 0.25) is 5.02 Å². The largest absolute Gasteiger partial charge is 0.381 e. The van der Waals surface area contributed by atoms with Crippen molar-refractivity contribution in [3.8, 4) is 0 Å². The first kappa shape index (κ1) is 20.9. The number of halogens is 1. The number of nitrogens with zero attached hydrogens (tertiary/aromatic N) is 3. The van der Waals surface area contributed by atoms with Crippen molar-refractivity contribution in [2.75, 3.05) is 23.8 Å². The monoisotopic (exact) mass is 428 g/mol. The van der Waals surface area contributed by atoms with Gasteiger partial charge in [0.2, 0.25) is 11.9 Å². The van der Waals surface area contributed by atoms with Gasteiger partial charge in [0.15, 0.2) is 5.65 Å². The molecule has 3 aromatic rings. The molecule has 1 aliphatic carbocycles. The number of hydrogen-bond acceptors (Lipinski definition) is 6. The minimum Gasteiger partial charge on any atom is -0.381 e. The third kappa shape index (κ3) is 6.06. The molecule has 2 aliphatic rings. The first-order valence-corrected chi connectivity index (χ1v) is 11.2. The summed E-state index contributed by atoms with van der Waals surface area (Å²) < 4.78 is 5.36. The number of aromatic nitrogens is 4. The third-order valence-electron chi connectivity index (χ3n) is 5.38. The minimum atomic E-state index is 0.346. The van der Waals surface area contributed by atoms with Crippen molar-refractivity contribution in [2.45, 2.75) is 57.4 Å². The molecule has 2 fully saturated rings. The molecule has 2 aromatic heterocycles. The summed E-state index contributed by atoms with van der Waals surface area (Å²) in [4.78, 5) is 16.5. The summed E-state index contributed by atoms with van der Waals surface area (Å²) in [5.74, 6) is 1.19. The van der Waals surface area contributed by atoms with E-state index in [1.54, 1.807) is 6.20 Å². The van der Waals surface area contributed by atoms with Crippen molar-refractivity contribution in [1.29, 1.82) is 0 Å². The predicted molar refractivity (Wildman–Crippen MR) is 122 cm³/mol. The van der Waals surface area contributed by atoms with Gasteiger partial charge < -0.3 is 20.4 Å². The van der Waals surface area contributed by atoms with E-state index >= 15 is 0 Å². The van der Waals surface area contributed by atoms with Gasteiger partial charge in [-0.15, -0.1) is 0 Å². The van der Waals surface area contributed by atoms with E-state index < -0.39 is 0 Å². The highest BCUT2D eigenvalue weighted by Gasteiger charge is 2.15. The van der Waals surface area contributed by atoms with Gasteiger partial charge in [0, 0.05) is 30.0 Å². The van der Waals surface area contributed by atoms with Crippen molar-refractivity contribution in [2.24, 2.45) is 0 Å². The molecule has 1 saturated carbocycles. The fourth-order valence-corrected chi connectivity index (χ4v) is 3.91. The Labute approximate surface area is 182 Å². The minimum absolute atomic E-state index is 0.346. The van der Waals surface area contributed by atoms with Gasteiger partial charge in [-0.05, 0) is 31.0 Å². The average molecular weight is 429 g/mol. The number of H-pyrrole nitrogens is 1. The second kappa shape index (κ2) is 10.6. The molecule has 7 nitrogen and oxygen atoms in total. The number of nitrogens with one attached hydrogen (secondary N) is 3. The third-order valence-corrected chi connectivity index (χ3v) is 5.62. The molecule has 8 heteroatoms. The van der Waals surface area contributed by atoms with Gasteiger partial charge in [-0.1, -0.05) is 56.2 Å². The summed E-state index contributed by atoms with van der Waals surface area (Å²) in [7, 11) is 0. The number of aromatic amines is 1. The van der Waals surface area contributed by atoms with Gasteiger partial charge in [0.05, 0.1) is 6.20 Å². The van der Waals surface area contributed by atoms with E-state index in [0.29, 0.717) is 28.6 Å². The molecular weight excluding hydrogens is 400 g/mol. The molecule has 5 rings (SSSR count). The van der Waals surface area contributed by atoms with Crippen molar-refractivity contribution in [1.82, 2.24) is 19.9 Å². The predicted octanol–water partition coefficient (Wildman–Crippen LogP) is 5.68. The second-order valence-corrected chi connectivity index (χ2v) is 8.24. The number of hydrogen-bond donors (Lipinski definition) is 3. The molecule has 0 amide bonds. The lowest BCUT2D eigenvalue weighted by atomic mass is 10.0. The molecule has 3 heterocycles. The highest BCUT2D eigenvalue weighted by molar-refractivity contribution is 6.30. The average Bonchev–Trinajstić information content (AvgIpc) is 3.18. The number of benzene rings is 1. The van der Waals surface area contributed by atoms with Crippen molar-refractivity contribution in [3.05, 3.63) is 35.5 Å². The maximum atomic E-state index is 5.99. The van der Waals surface area contributed by atoms with Gasteiger partial charge in [0.1, 0.15) is 5.52 Å². The molecule has 30 heavy (non-hydrogen) atoms. The topological polar surface area (TPSA) is 87.8 Å². The summed E-state index contributed by atoms with van der Waals surface area (Å²) in [5, 5.41) is 7.19. The molecule has 0 atom stereocenters. The highest BCUT2D eigenvalue weighted by atomic mass is 35.5. The SMILES string of the molecule is C1CCCCC1.Clc1cccc(Nc2nc3nc(NC4CCOCC4)ncc3[nH]2)c1. The molecule has 1 aromatic carbocycles. The molecule has 0 unspecified atom stereocenters. The molecular formula is C22H29ClN6O. The summed E-state index contributed by atoms with van der Waals surface area (Å²) in [5.41, 5.74) is 2.25. The zero-order valence-electron chi connectivity index (χ0n) is 17.2. The summed E-state index contributed by atoms with van der Waals surface area (Å²) in [6.45, 7) is 1.55. The molecule has 0 radical (unpaired) electrons. The number of ether oxygens (including phenoxy) is 1. The van der Waals surface area contributed by atoms with Crippen LogP contribution in [-0.2, 0) is 4.74 Å².